The molecule has 2 amide bonds. The number of Topliss-reactive ketones (excluding diaryl/α,β-unsaturated/α-hetero) is 1. The molecular formula is C24H21ClF4N2O6. The molecule has 1 fully saturated rings. The highest BCUT2D eigenvalue weighted by atomic mass is 35.5. The number of hydrogen-bond acceptors (Lipinski definition) is 5. The number of ketones is 1. The summed E-state index contributed by atoms with van der Waals surface area (Å²) in [5.74, 6) is -12.9. The molecule has 2 aromatic rings. The summed E-state index contributed by atoms with van der Waals surface area (Å²) in [5.41, 5.74) is 0.383. The molecule has 8 nitrogen and oxygen atoms in total. The summed E-state index contributed by atoms with van der Waals surface area (Å²) in [7, 11) is 0. The van der Waals surface area contributed by atoms with Crippen LogP contribution in [0.1, 0.15) is 29.6 Å². The third-order valence-corrected chi connectivity index (χ3v) is 5.97. The molecule has 198 valence electrons. The predicted molar refractivity (Wildman–Crippen MR) is 121 cm³/mol. The number of hydrogen-bond donors (Lipinski definition) is 2. The molecule has 1 aliphatic heterocycles. The Hall–Kier alpha value is -3.67. The smallest absolute Gasteiger partial charge is 0.305 e. The van der Waals surface area contributed by atoms with Crippen molar-refractivity contribution in [2.24, 2.45) is 5.92 Å². The molecular weight excluding hydrogens is 524 g/mol. The van der Waals surface area contributed by atoms with E-state index >= 15 is 0 Å². The summed E-state index contributed by atoms with van der Waals surface area (Å²) in [6, 6.07) is 4.70. The van der Waals surface area contributed by atoms with Crippen LogP contribution in [0.25, 0.3) is 0 Å². The lowest BCUT2D eigenvalue weighted by molar-refractivity contribution is -0.141. The van der Waals surface area contributed by atoms with E-state index in [1.807, 2.05) is 0 Å². The van der Waals surface area contributed by atoms with Gasteiger partial charge >= 0.3 is 5.97 Å². The van der Waals surface area contributed by atoms with E-state index < -0.39 is 71.7 Å². The molecule has 3 rings (SSSR count). The van der Waals surface area contributed by atoms with Crippen LogP contribution in [-0.4, -0.2) is 59.3 Å². The van der Waals surface area contributed by atoms with Crippen LogP contribution < -0.4 is 10.1 Å². The second-order valence-electron chi connectivity index (χ2n) is 8.29. The van der Waals surface area contributed by atoms with E-state index in [0.29, 0.717) is 10.6 Å². The molecule has 0 spiro atoms. The first-order valence-electron chi connectivity index (χ1n) is 11.0. The molecule has 0 bridgehead atoms. The molecule has 0 aliphatic carbocycles. The maximum atomic E-state index is 13.8. The fourth-order valence-corrected chi connectivity index (χ4v) is 3.97. The molecule has 2 aromatic carbocycles. The van der Waals surface area contributed by atoms with Gasteiger partial charge in [-0.25, -0.2) is 8.78 Å². The number of carboxylic acids is 1. The van der Waals surface area contributed by atoms with E-state index in [9.17, 15) is 36.7 Å². The van der Waals surface area contributed by atoms with Gasteiger partial charge in [-0.2, -0.15) is 8.78 Å². The number of benzene rings is 2. The van der Waals surface area contributed by atoms with Gasteiger partial charge in [-0.3, -0.25) is 19.2 Å². The van der Waals surface area contributed by atoms with Crippen molar-refractivity contribution in [2.45, 2.75) is 25.3 Å². The van der Waals surface area contributed by atoms with Crippen molar-refractivity contribution in [3.8, 4) is 5.75 Å². The third kappa shape index (κ3) is 6.97. The van der Waals surface area contributed by atoms with Crippen LogP contribution in [-0.2, 0) is 14.4 Å². The van der Waals surface area contributed by atoms with Gasteiger partial charge in [0.25, 0.3) is 5.91 Å². The average Bonchev–Trinajstić information content (AvgIpc) is 2.86. The molecule has 0 aromatic heterocycles. The average molecular weight is 545 g/mol. The highest BCUT2D eigenvalue weighted by Gasteiger charge is 2.32. The number of amides is 2. The van der Waals surface area contributed by atoms with E-state index in [-0.39, 0.29) is 37.9 Å². The van der Waals surface area contributed by atoms with Gasteiger partial charge in [0.1, 0.15) is 12.6 Å². The summed E-state index contributed by atoms with van der Waals surface area (Å²) < 4.78 is 58.8. The van der Waals surface area contributed by atoms with Gasteiger partial charge in [-0.05, 0) is 31.0 Å². The second-order valence-corrected chi connectivity index (χ2v) is 8.72. The van der Waals surface area contributed by atoms with Crippen molar-refractivity contribution in [1.29, 1.82) is 0 Å². The topological polar surface area (TPSA) is 113 Å². The zero-order valence-electron chi connectivity index (χ0n) is 19.1. The van der Waals surface area contributed by atoms with Crippen LogP contribution in [0.15, 0.2) is 30.3 Å². The van der Waals surface area contributed by atoms with E-state index in [4.69, 9.17) is 16.7 Å². The van der Waals surface area contributed by atoms with Gasteiger partial charge in [0.05, 0.1) is 6.42 Å². The van der Waals surface area contributed by atoms with Crippen molar-refractivity contribution < 1.29 is 46.6 Å². The number of carboxylic acid groups (broad SMARTS) is 1. The van der Waals surface area contributed by atoms with Crippen LogP contribution >= 0.6 is 11.6 Å². The number of rotatable bonds is 9. The number of carbonyl (C=O) groups is 4. The molecule has 37 heavy (non-hydrogen) atoms. The zero-order valence-corrected chi connectivity index (χ0v) is 19.9. The Balaban J connectivity index is 1.60. The highest BCUT2D eigenvalue weighted by molar-refractivity contribution is 6.30. The fourth-order valence-electron chi connectivity index (χ4n) is 3.78. The lowest BCUT2D eigenvalue weighted by atomic mass is 9.94. The Labute approximate surface area is 213 Å². The minimum Gasteiger partial charge on any atom is -0.481 e. The minimum absolute atomic E-state index is 0.0410. The first-order valence-corrected chi connectivity index (χ1v) is 11.4. The Morgan fingerprint density at radius 2 is 1.68 bits per heavy atom. The highest BCUT2D eigenvalue weighted by Crippen LogP contribution is 2.26. The Kier molecular flexibility index (Phi) is 9.09. The Morgan fingerprint density at radius 1 is 1.05 bits per heavy atom. The number of nitrogens with zero attached hydrogens (tertiary/aromatic N) is 1. The van der Waals surface area contributed by atoms with E-state index in [0.717, 1.165) is 0 Å². The summed E-state index contributed by atoms with van der Waals surface area (Å²) in [5, 5.41) is 11.8. The zero-order chi connectivity index (χ0) is 27.3. The van der Waals surface area contributed by atoms with E-state index in [2.05, 4.69) is 10.1 Å². The van der Waals surface area contributed by atoms with Crippen molar-refractivity contribution in [1.82, 2.24) is 10.2 Å². The van der Waals surface area contributed by atoms with Gasteiger partial charge < -0.3 is 20.1 Å². The van der Waals surface area contributed by atoms with Crippen molar-refractivity contribution in [3.63, 3.8) is 0 Å². The molecule has 1 saturated heterocycles. The molecule has 1 aliphatic rings. The van der Waals surface area contributed by atoms with Crippen molar-refractivity contribution >= 4 is 35.2 Å². The first kappa shape index (κ1) is 27.9. The standard InChI is InChI=1S/C24H21ClF4N2O6/c25-14-3-1-2-13(8-14)24(36)31-6-4-12(5-7-31)23(35)30-17(10-19(33)34)18(32)11-37-22-20(28)15(26)9-16(27)21(22)29/h1-3,8-9,12,17H,4-7,10-11H2,(H,30,35)(H,33,34)/t17-/m0/s1. The number of halogens is 5. The van der Waals surface area contributed by atoms with Gasteiger partial charge in [-0.1, -0.05) is 17.7 Å². The predicted octanol–water partition coefficient (Wildman–Crippen LogP) is 3.36. The number of aliphatic carboxylic acids is 1. The summed E-state index contributed by atoms with van der Waals surface area (Å²) in [4.78, 5) is 50.6. The summed E-state index contributed by atoms with van der Waals surface area (Å²) in [6.45, 7) is -0.733. The second kappa shape index (κ2) is 12.0. The monoisotopic (exact) mass is 544 g/mol. The van der Waals surface area contributed by atoms with Crippen LogP contribution in [0.5, 0.6) is 5.75 Å². The van der Waals surface area contributed by atoms with E-state index in [1.165, 1.54) is 11.0 Å². The van der Waals surface area contributed by atoms with Crippen LogP contribution in [0.2, 0.25) is 5.02 Å². The van der Waals surface area contributed by atoms with Crippen molar-refractivity contribution in [3.05, 3.63) is 64.2 Å². The molecule has 13 heteroatoms. The van der Waals surface area contributed by atoms with Gasteiger partial charge in [-0.15, -0.1) is 0 Å². The lowest BCUT2D eigenvalue weighted by Crippen LogP contribution is -2.49. The lowest BCUT2D eigenvalue weighted by Gasteiger charge is -2.32. The van der Waals surface area contributed by atoms with Crippen LogP contribution in [0.4, 0.5) is 17.6 Å². The number of likely N-dealkylation sites (tertiary alicyclic amines) is 1. The molecule has 2 N–H and O–H groups in total. The van der Waals surface area contributed by atoms with E-state index in [1.54, 1.807) is 18.2 Å². The third-order valence-electron chi connectivity index (χ3n) is 5.74. The number of carbonyl (C=O) groups excluding carboxylic acids is 3. The van der Waals surface area contributed by atoms with Gasteiger partial charge in [0, 0.05) is 35.7 Å². The van der Waals surface area contributed by atoms with Gasteiger partial charge in [0.2, 0.25) is 17.5 Å². The van der Waals surface area contributed by atoms with Crippen LogP contribution in [0, 0.1) is 29.2 Å². The van der Waals surface area contributed by atoms with Crippen LogP contribution in [0.3, 0.4) is 0 Å². The first-order chi connectivity index (χ1) is 17.5. The summed E-state index contributed by atoms with van der Waals surface area (Å²) >= 11 is 5.92. The normalized spacial score (nSPS) is 14.7. The number of nitrogens with one attached hydrogen (secondary N) is 1. The molecule has 0 saturated carbocycles. The molecule has 0 radical (unpaired) electrons. The largest absolute Gasteiger partial charge is 0.481 e. The molecule has 1 heterocycles. The Bertz CT molecular complexity index is 1190. The fraction of sp³-hybridized carbons (Fsp3) is 0.333. The number of piperidine rings is 1. The minimum atomic E-state index is -1.87. The molecule has 0 unspecified atom stereocenters. The maximum absolute atomic E-state index is 13.8. The summed E-state index contributed by atoms with van der Waals surface area (Å²) in [6.07, 6.45) is -0.425. The number of ether oxygens (including phenoxy) is 1. The maximum Gasteiger partial charge on any atom is 0.305 e. The quantitative estimate of drug-likeness (QED) is 0.370. The van der Waals surface area contributed by atoms with Crippen molar-refractivity contribution in [2.75, 3.05) is 19.7 Å². The van der Waals surface area contributed by atoms with Gasteiger partial charge in [0.15, 0.2) is 23.2 Å². The SMILES string of the molecule is O=C(O)C[C@H](NC(=O)C1CCN(C(=O)c2cccc(Cl)c2)CC1)C(=O)COc1c(F)c(F)cc(F)c1F. The molecule has 1 atom stereocenters. The Morgan fingerprint density at radius 3 is 2.24 bits per heavy atom.